The zero-order chi connectivity index (χ0) is 27.5. The first-order valence-corrected chi connectivity index (χ1v) is 12.3. The third kappa shape index (κ3) is 7.68. The van der Waals surface area contributed by atoms with Crippen LogP contribution in [0, 0.1) is 0 Å². The maximum atomic E-state index is 10.6. The number of aliphatic hydroxyl groups is 6. The molecule has 36 heavy (non-hydrogen) atoms. The Hall–Kier alpha value is -0.690. The van der Waals surface area contributed by atoms with Crippen molar-refractivity contribution in [1.29, 1.82) is 0 Å². The van der Waals surface area contributed by atoms with Gasteiger partial charge < -0.3 is 72.5 Å². The van der Waals surface area contributed by atoms with Crippen molar-refractivity contribution >= 4 is 10.4 Å². The predicted molar refractivity (Wildman–Crippen MR) is 116 cm³/mol. The highest BCUT2D eigenvalue weighted by Gasteiger charge is 2.52. The van der Waals surface area contributed by atoms with Gasteiger partial charge in [0.15, 0.2) is 12.6 Å². The van der Waals surface area contributed by atoms with Crippen molar-refractivity contribution in [2.75, 3.05) is 13.2 Å². The van der Waals surface area contributed by atoms with E-state index in [1.165, 1.54) is 0 Å². The van der Waals surface area contributed by atoms with Gasteiger partial charge in [-0.25, -0.2) is 0 Å². The molecule has 1 saturated carbocycles. The minimum absolute atomic E-state index is 0.114. The van der Waals surface area contributed by atoms with Crippen LogP contribution in [0.5, 0.6) is 0 Å². The quantitative estimate of drug-likeness (QED) is 0.136. The van der Waals surface area contributed by atoms with Crippen LogP contribution < -0.4 is 22.9 Å². The van der Waals surface area contributed by atoms with Crippen LogP contribution in [0.2, 0.25) is 0 Å². The summed E-state index contributed by atoms with van der Waals surface area (Å²) in [5, 5.41) is 60.2. The Kier molecular flexibility index (Phi) is 11.3. The van der Waals surface area contributed by atoms with Gasteiger partial charge >= 0.3 is 10.4 Å². The Morgan fingerprint density at radius 1 is 0.750 bits per heavy atom. The summed E-state index contributed by atoms with van der Waals surface area (Å²) in [4.78, 5) is 0. The van der Waals surface area contributed by atoms with E-state index in [4.69, 9.17) is 59.4 Å². The normalized spacial score (nSPS) is 47.8. The van der Waals surface area contributed by atoms with Gasteiger partial charge in [0.25, 0.3) is 0 Å². The molecule has 3 aliphatic rings. The molecule has 18 nitrogen and oxygen atoms in total. The van der Waals surface area contributed by atoms with E-state index in [9.17, 15) is 30.6 Å². The fraction of sp³-hybridized carbons (Fsp3) is 1.00. The van der Waals surface area contributed by atoms with E-state index >= 15 is 0 Å². The van der Waals surface area contributed by atoms with Crippen LogP contribution in [0.15, 0.2) is 0 Å². The van der Waals surface area contributed by atoms with Crippen LogP contribution in [0.3, 0.4) is 0 Å². The maximum absolute atomic E-state index is 10.6. The first-order valence-electron chi connectivity index (χ1n) is 10.9. The second kappa shape index (κ2) is 12.9. The lowest BCUT2D eigenvalue weighted by Crippen LogP contribution is -2.68. The van der Waals surface area contributed by atoms with Crippen LogP contribution in [0.4, 0.5) is 0 Å². The molecule has 2 saturated heterocycles. The largest absolute Gasteiger partial charge is 0.394 e. The summed E-state index contributed by atoms with van der Waals surface area (Å²) in [6, 6.07) is -2.72. The van der Waals surface area contributed by atoms with Gasteiger partial charge in [0, 0.05) is 18.6 Å². The molecule has 0 radical (unpaired) electrons. The van der Waals surface area contributed by atoms with Crippen LogP contribution in [0.25, 0.3) is 0 Å². The lowest BCUT2D eigenvalue weighted by Gasteiger charge is -2.47. The number of rotatable bonds is 6. The monoisotopic (exact) mass is 552 g/mol. The number of nitrogens with two attached hydrogens (primary N) is 4. The standard InChI is InChI=1S/C17H34N4O10.H2O4S/c18-2-6-10(24)12(26)8(21)16(28-6)30-14-5(20)1-4(19)9(23)15(14)31-17-13(27)11(25)7(3-22)29-17;1-5(2,3)4/h4-17,22-27H,1-3,18-21H2;(H2,1,2,3,4)/t4-,5+,6-,7-,8-,9+,10-,11-,12-,13-,14-,15-,16-,17?;/m1./s1. The van der Waals surface area contributed by atoms with Gasteiger partial charge in [0.1, 0.15) is 48.8 Å². The number of hydrogen-bond donors (Lipinski definition) is 12. The third-order valence-electron chi connectivity index (χ3n) is 6.13. The van der Waals surface area contributed by atoms with Crippen molar-refractivity contribution < 1.29 is 67.1 Å². The van der Waals surface area contributed by atoms with Crippen LogP contribution in [0.1, 0.15) is 6.42 Å². The summed E-state index contributed by atoms with van der Waals surface area (Å²) < 4.78 is 54.0. The van der Waals surface area contributed by atoms with Gasteiger partial charge in [0.05, 0.1) is 18.8 Å². The summed E-state index contributed by atoms with van der Waals surface area (Å²) in [5.74, 6) is 0. The average molecular weight is 553 g/mol. The van der Waals surface area contributed by atoms with E-state index in [2.05, 4.69) is 0 Å². The SMILES string of the molecule is NC[C@H]1O[C@H](O[C@H]2[C@H](OC3O[C@H](CO)[C@@H](O)[C@H]3O)[C@@H](O)[C@H](N)C[C@@H]2N)[C@H](N)[C@@H](O)[C@@H]1O.O=S(=O)(O)O. The molecule has 14 atom stereocenters. The molecule has 214 valence electrons. The van der Waals surface area contributed by atoms with Crippen LogP contribution in [-0.4, -0.2) is 147 Å². The first-order chi connectivity index (χ1) is 16.6. The van der Waals surface area contributed by atoms with Crippen molar-refractivity contribution in [2.24, 2.45) is 22.9 Å². The topological polar surface area (TPSA) is 337 Å². The van der Waals surface area contributed by atoms with Crippen LogP contribution in [-0.2, 0) is 29.3 Å². The van der Waals surface area contributed by atoms with Gasteiger partial charge in [-0.3, -0.25) is 9.11 Å². The molecule has 1 aliphatic carbocycles. The summed E-state index contributed by atoms with van der Waals surface area (Å²) in [6.07, 6.45) is -13.8. The van der Waals surface area contributed by atoms with Gasteiger partial charge in [-0.2, -0.15) is 8.42 Å². The number of ether oxygens (including phenoxy) is 4. The Labute approximate surface area is 206 Å². The fourth-order valence-corrected chi connectivity index (χ4v) is 4.16. The molecule has 19 heteroatoms. The zero-order valence-corrected chi connectivity index (χ0v) is 19.8. The van der Waals surface area contributed by atoms with Gasteiger partial charge in [-0.05, 0) is 6.42 Å². The molecule has 2 aliphatic heterocycles. The van der Waals surface area contributed by atoms with E-state index in [1.54, 1.807) is 0 Å². The lowest BCUT2D eigenvalue weighted by molar-refractivity contribution is -0.306. The summed E-state index contributed by atoms with van der Waals surface area (Å²) >= 11 is 0. The highest BCUT2D eigenvalue weighted by Crippen LogP contribution is 2.31. The molecule has 1 unspecified atom stereocenters. The molecular weight excluding hydrogens is 516 g/mol. The maximum Gasteiger partial charge on any atom is 0.394 e. The van der Waals surface area contributed by atoms with Crippen molar-refractivity contribution in [3.63, 3.8) is 0 Å². The number of aliphatic hydroxyl groups excluding tert-OH is 6. The lowest BCUT2D eigenvalue weighted by atomic mass is 9.84. The fourth-order valence-electron chi connectivity index (χ4n) is 4.16. The molecule has 0 aromatic rings. The van der Waals surface area contributed by atoms with Crippen LogP contribution >= 0.6 is 0 Å². The third-order valence-corrected chi connectivity index (χ3v) is 6.13. The molecule has 16 N–H and O–H groups in total. The predicted octanol–water partition coefficient (Wildman–Crippen LogP) is -7.31. The minimum atomic E-state index is -4.67. The highest BCUT2D eigenvalue weighted by atomic mass is 32.3. The van der Waals surface area contributed by atoms with Crippen molar-refractivity contribution in [2.45, 2.75) is 92.1 Å². The molecule has 3 fully saturated rings. The van der Waals surface area contributed by atoms with Gasteiger partial charge in [-0.15, -0.1) is 0 Å². The molecular formula is C17H36N4O14S. The smallest absolute Gasteiger partial charge is 0.394 e. The molecule has 3 rings (SSSR count). The summed E-state index contributed by atoms with van der Waals surface area (Å²) in [5.41, 5.74) is 23.6. The van der Waals surface area contributed by atoms with E-state index in [0.717, 1.165) is 0 Å². The second-order valence-corrected chi connectivity index (χ2v) is 9.64. The Morgan fingerprint density at radius 3 is 1.75 bits per heavy atom. The van der Waals surface area contributed by atoms with Crippen molar-refractivity contribution in [1.82, 2.24) is 0 Å². The Morgan fingerprint density at radius 2 is 1.25 bits per heavy atom. The molecule has 0 spiro atoms. The molecule has 0 aromatic heterocycles. The molecule has 2 heterocycles. The molecule has 0 aromatic carbocycles. The molecule has 0 amide bonds. The van der Waals surface area contributed by atoms with Crippen molar-refractivity contribution in [3.8, 4) is 0 Å². The zero-order valence-electron chi connectivity index (χ0n) is 18.9. The van der Waals surface area contributed by atoms with E-state index in [-0.39, 0.29) is 13.0 Å². The second-order valence-electron chi connectivity index (χ2n) is 8.75. The highest BCUT2D eigenvalue weighted by molar-refractivity contribution is 7.79. The Balaban J connectivity index is 0.000000830. The first kappa shape index (κ1) is 31.5. The summed E-state index contributed by atoms with van der Waals surface area (Å²) in [7, 11) is -4.67. The molecule has 0 bridgehead atoms. The van der Waals surface area contributed by atoms with E-state index in [0.29, 0.717) is 0 Å². The van der Waals surface area contributed by atoms with Crippen molar-refractivity contribution in [3.05, 3.63) is 0 Å². The minimum Gasteiger partial charge on any atom is -0.394 e. The Bertz CT molecular complexity index is 787. The summed E-state index contributed by atoms with van der Waals surface area (Å²) in [6.45, 7) is -0.673. The van der Waals surface area contributed by atoms with Gasteiger partial charge in [-0.1, -0.05) is 0 Å². The van der Waals surface area contributed by atoms with E-state index < -0.39 is 103 Å². The number of hydrogen-bond acceptors (Lipinski definition) is 16. The van der Waals surface area contributed by atoms with E-state index in [1.807, 2.05) is 0 Å². The average Bonchev–Trinajstić information content (AvgIpc) is 3.06. The van der Waals surface area contributed by atoms with Gasteiger partial charge in [0.2, 0.25) is 0 Å².